The van der Waals surface area contributed by atoms with E-state index < -0.39 is 19.7 Å². The molecule has 5 aromatic rings. The van der Waals surface area contributed by atoms with Crippen LogP contribution in [-0.4, -0.2) is 39.0 Å². The highest BCUT2D eigenvalue weighted by molar-refractivity contribution is 14.1. The molecular formula is C44H45IO4Si. The Labute approximate surface area is 311 Å². The molecule has 50 heavy (non-hydrogen) atoms. The van der Waals surface area contributed by atoms with Gasteiger partial charge in [-0.15, -0.1) is 0 Å². The Morgan fingerprint density at radius 2 is 1.02 bits per heavy atom. The largest absolute Gasteiger partial charge is 0.397 e. The summed E-state index contributed by atoms with van der Waals surface area (Å²) >= 11 is 2.50. The summed E-state index contributed by atoms with van der Waals surface area (Å²) < 4.78 is 29.8. The summed E-state index contributed by atoms with van der Waals surface area (Å²) in [5.41, 5.74) is 3.39. The van der Waals surface area contributed by atoms with Gasteiger partial charge < -0.3 is 18.6 Å². The van der Waals surface area contributed by atoms with Gasteiger partial charge in [-0.05, 0) is 74.1 Å². The van der Waals surface area contributed by atoms with Crippen molar-refractivity contribution in [3.63, 3.8) is 0 Å². The molecule has 1 fully saturated rings. The van der Waals surface area contributed by atoms with Crippen molar-refractivity contribution in [1.29, 1.82) is 0 Å². The van der Waals surface area contributed by atoms with Gasteiger partial charge in [0.2, 0.25) is 0 Å². The second kappa shape index (κ2) is 14.0. The Morgan fingerprint density at radius 3 is 1.42 bits per heavy atom. The van der Waals surface area contributed by atoms with Gasteiger partial charge in [-0.25, -0.2) is 0 Å². The number of rotatable bonds is 10. The molecule has 3 atom stereocenters. The van der Waals surface area contributed by atoms with Crippen LogP contribution in [0, 0.1) is 0 Å². The maximum atomic E-state index is 7.78. The molecule has 0 aromatic heterocycles. The lowest BCUT2D eigenvalue weighted by Gasteiger charge is -2.45. The average Bonchev–Trinajstić information content (AvgIpc) is 3.57. The number of ether oxygens (including phenoxy) is 3. The van der Waals surface area contributed by atoms with Crippen molar-refractivity contribution in [2.75, 3.05) is 6.61 Å². The van der Waals surface area contributed by atoms with E-state index >= 15 is 0 Å². The van der Waals surface area contributed by atoms with E-state index in [2.05, 4.69) is 195 Å². The number of benzene rings is 5. The summed E-state index contributed by atoms with van der Waals surface area (Å²) in [4.78, 5) is 0. The third kappa shape index (κ3) is 6.24. The molecule has 0 amide bonds. The molecule has 0 radical (unpaired) electrons. The minimum atomic E-state index is -2.92. The fourth-order valence-corrected chi connectivity index (χ4v) is 13.7. The molecular weight excluding hydrogens is 747 g/mol. The molecule has 4 nitrogen and oxygen atoms in total. The van der Waals surface area contributed by atoms with Gasteiger partial charge in [0.25, 0.3) is 8.32 Å². The van der Waals surface area contributed by atoms with Crippen molar-refractivity contribution in [2.45, 2.75) is 69.4 Å². The zero-order valence-corrected chi connectivity index (χ0v) is 32.5. The molecule has 0 bridgehead atoms. The van der Waals surface area contributed by atoms with Gasteiger partial charge >= 0.3 is 0 Å². The van der Waals surface area contributed by atoms with Crippen LogP contribution in [0.5, 0.6) is 0 Å². The first-order valence-corrected chi connectivity index (χ1v) is 20.4. The smallest absolute Gasteiger partial charge is 0.262 e. The predicted molar refractivity (Wildman–Crippen MR) is 213 cm³/mol. The fourth-order valence-electron chi connectivity index (χ4n) is 7.85. The predicted octanol–water partition coefficient (Wildman–Crippen LogP) is 9.16. The number of halogens is 1. The van der Waals surface area contributed by atoms with Crippen LogP contribution >= 0.6 is 22.6 Å². The zero-order chi connectivity index (χ0) is 35.0. The van der Waals surface area contributed by atoms with Gasteiger partial charge in [-0.2, -0.15) is 0 Å². The first kappa shape index (κ1) is 35.0. The van der Waals surface area contributed by atoms with Crippen molar-refractivity contribution < 1.29 is 18.6 Å². The van der Waals surface area contributed by atoms with Crippen LogP contribution in [-0.2, 0) is 24.2 Å². The van der Waals surface area contributed by atoms with Crippen molar-refractivity contribution in [3.8, 4) is 0 Å². The summed E-state index contributed by atoms with van der Waals surface area (Å²) in [6.45, 7) is 11.3. The molecule has 7 rings (SSSR count). The third-order valence-corrected chi connectivity index (χ3v) is 16.4. The van der Waals surface area contributed by atoms with Gasteiger partial charge in [0.15, 0.2) is 5.79 Å². The van der Waals surface area contributed by atoms with E-state index in [-0.39, 0.29) is 23.4 Å². The minimum absolute atomic E-state index is 0.195. The minimum Gasteiger partial charge on any atom is -0.397 e. The van der Waals surface area contributed by atoms with E-state index in [1.165, 1.54) is 10.4 Å². The standard InChI is InChI=1S/C44H45IO4Si/c1-42(2,3)50(35-27-17-9-18-28-35,36-29-19-10-20-30-36)49-40-38(45)37(39-41(40)48-43(4,5)47-39)31-46-44(32-21-11-6-12-22-32,33-23-13-7-14-24-33)34-25-15-8-16-26-34/h6-30,39-41H,31H2,1-5H3/t39-,40+,41+/m1/s1. The van der Waals surface area contributed by atoms with Crippen LogP contribution in [0.2, 0.25) is 5.04 Å². The molecule has 1 heterocycles. The molecule has 5 aromatic carbocycles. The Bertz CT molecular complexity index is 1770. The normalized spacial score (nSPS) is 20.6. The first-order chi connectivity index (χ1) is 24.1. The summed E-state index contributed by atoms with van der Waals surface area (Å²) in [7, 11) is -2.92. The number of hydrogen-bond acceptors (Lipinski definition) is 4. The van der Waals surface area contributed by atoms with Gasteiger partial charge in [-0.1, -0.05) is 172 Å². The van der Waals surface area contributed by atoms with E-state index in [1.54, 1.807) is 0 Å². The lowest BCUT2D eigenvalue weighted by molar-refractivity contribution is -0.152. The number of fused-ring (bicyclic) bond motifs is 1. The van der Waals surface area contributed by atoms with Crippen LogP contribution in [0.4, 0.5) is 0 Å². The molecule has 1 aliphatic heterocycles. The topological polar surface area (TPSA) is 36.9 Å². The maximum absolute atomic E-state index is 7.78. The highest BCUT2D eigenvalue weighted by Crippen LogP contribution is 2.50. The summed E-state index contributed by atoms with van der Waals surface area (Å²) in [6.07, 6.45) is -0.983. The first-order valence-electron chi connectivity index (χ1n) is 17.4. The molecule has 2 aliphatic rings. The summed E-state index contributed by atoms with van der Waals surface area (Å²) in [6, 6.07) is 53.2. The van der Waals surface area contributed by atoms with Crippen molar-refractivity contribution in [1.82, 2.24) is 0 Å². The van der Waals surface area contributed by atoms with Crippen LogP contribution in [0.1, 0.15) is 51.3 Å². The molecule has 1 aliphatic carbocycles. The van der Waals surface area contributed by atoms with Crippen LogP contribution in [0.3, 0.4) is 0 Å². The van der Waals surface area contributed by atoms with Crippen LogP contribution < -0.4 is 10.4 Å². The molecule has 0 saturated carbocycles. The van der Waals surface area contributed by atoms with E-state index in [0.29, 0.717) is 6.61 Å². The SMILES string of the molecule is CC1(C)O[C@H]2[C@H](O1)C(COC(c1ccccc1)(c1ccccc1)c1ccccc1)=C(I)[C@@H]2O[Si](c1ccccc1)(c1ccccc1)C(C)(C)C. The van der Waals surface area contributed by atoms with E-state index in [0.717, 1.165) is 25.8 Å². The van der Waals surface area contributed by atoms with Gasteiger partial charge in [-0.3, -0.25) is 0 Å². The van der Waals surface area contributed by atoms with Crippen LogP contribution in [0.15, 0.2) is 161 Å². The van der Waals surface area contributed by atoms with E-state index in [1.807, 2.05) is 13.8 Å². The summed E-state index contributed by atoms with van der Waals surface area (Å²) in [5, 5.41) is 2.27. The molecule has 0 spiro atoms. The van der Waals surface area contributed by atoms with Crippen molar-refractivity contribution in [3.05, 3.63) is 178 Å². The Hall–Kier alpha value is -3.37. The molecule has 1 saturated heterocycles. The molecule has 256 valence electrons. The Balaban J connectivity index is 1.36. The fraction of sp³-hybridized carbons (Fsp3) is 0.273. The van der Waals surface area contributed by atoms with Crippen molar-refractivity contribution in [2.24, 2.45) is 0 Å². The Morgan fingerprint density at radius 1 is 0.620 bits per heavy atom. The Kier molecular flexibility index (Phi) is 9.80. The average molecular weight is 793 g/mol. The lowest BCUT2D eigenvalue weighted by atomic mass is 9.80. The quantitative estimate of drug-likeness (QED) is 0.0804. The maximum Gasteiger partial charge on any atom is 0.262 e. The zero-order valence-electron chi connectivity index (χ0n) is 29.4. The monoisotopic (exact) mass is 792 g/mol. The van der Waals surface area contributed by atoms with E-state index in [4.69, 9.17) is 18.6 Å². The van der Waals surface area contributed by atoms with E-state index in [9.17, 15) is 0 Å². The highest BCUT2D eigenvalue weighted by atomic mass is 127. The van der Waals surface area contributed by atoms with Gasteiger partial charge in [0.05, 0.1) is 6.61 Å². The van der Waals surface area contributed by atoms with Gasteiger partial charge in [0, 0.05) is 3.58 Å². The van der Waals surface area contributed by atoms with Crippen molar-refractivity contribution >= 4 is 41.3 Å². The lowest BCUT2D eigenvalue weighted by Crippen LogP contribution is -2.68. The molecule has 0 unspecified atom stereocenters. The second-order valence-electron chi connectivity index (χ2n) is 14.7. The van der Waals surface area contributed by atoms with Crippen LogP contribution in [0.25, 0.3) is 0 Å². The summed E-state index contributed by atoms with van der Waals surface area (Å²) in [5.74, 6) is -0.777. The molecule has 6 heteroatoms. The highest BCUT2D eigenvalue weighted by Gasteiger charge is 2.59. The second-order valence-corrected chi connectivity index (χ2v) is 20.1. The number of hydrogen-bond donors (Lipinski definition) is 0. The van der Waals surface area contributed by atoms with Gasteiger partial charge in [0.1, 0.15) is 23.9 Å². The third-order valence-electron chi connectivity index (χ3n) is 10.0. The molecule has 0 N–H and O–H groups in total.